The maximum atomic E-state index is 12.8. The number of aryl methyl sites for hydroxylation is 2. The Hall–Kier alpha value is -1.66. The third kappa shape index (κ3) is 5.58. The summed E-state index contributed by atoms with van der Waals surface area (Å²) in [6.45, 7) is 15.0. The summed E-state index contributed by atoms with van der Waals surface area (Å²) in [5, 5.41) is 4.28. The summed E-state index contributed by atoms with van der Waals surface area (Å²) < 4.78 is 1.25. The summed E-state index contributed by atoms with van der Waals surface area (Å²) >= 11 is 1.76. The average Bonchev–Trinajstić information content (AvgIpc) is 3.15. The Balaban J connectivity index is 1.27. The van der Waals surface area contributed by atoms with Gasteiger partial charge in [-0.1, -0.05) is 31.3 Å². The number of amides is 1. The van der Waals surface area contributed by atoms with Crippen molar-refractivity contribution in [3.63, 3.8) is 0 Å². The number of hydrogen-bond acceptors (Lipinski definition) is 5. The summed E-state index contributed by atoms with van der Waals surface area (Å²) in [7, 11) is 0. The van der Waals surface area contributed by atoms with E-state index < -0.39 is 0 Å². The lowest BCUT2D eigenvalue weighted by molar-refractivity contribution is -0.125. The van der Waals surface area contributed by atoms with Crippen LogP contribution in [-0.2, 0) is 4.79 Å². The van der Waals surface area contributed by atoms with Crippen molar-refractivity contribution in [2.24, 2.45) is 17.8 Å². The second kappa shape index (κ2) is 9.86. The van der Waals surface area contributed by atoms with Crippen molar-refractivity contribution in [2.45, 2.75) is 53.4 Å². The fourth-order valence-electron chi connectivity index (χ4n) is 5.49. The summed E-state index contributed by atoms with van der Waals surface area (Å²) in [4.78, 5) is 22.6. The van der Waals surface area contributed by atoms with Crippen LogP contribution in [0.4, 0.5) is 5.13 Å². The number of nitrogens with zero attached hydrogens (tertiary/aromatic N) is 3. The molecule has 3 atom stereocenters. The van der Waals surface area contributed by atoms with E-state index in [1.54, 1.807) is 11.3 Å². The van der Waals surface area contributed by atoms with Crippen LogP contribution in [-0.4, -0.2) is 55.1 Å². The van der Waals surface area contributed by atoms with Crippen molar-refractivity contribution in [1.82, 2.24) is 15.2 Å². The van der Waals surface area contributed by atoms with E-state index in [1.165, 1.54) is 35.3 Å². The molecule has 2 aliphatic rings. The Labute approximate surface area is 191 Å². The van der Waals surface area contributed by atoms with Gasteiger partial charge in [-0.3, -0.25) is 4.79 Å². The first-order chi connectivity index (χ1) is 14.9. The van der Waals surface area contributed by atoms with Gasteiger partial charge in [0.05, 0.1) is 16.1 Å². The number of carbonyl (C=O) groups excluding carboxylic acids is 1. The molecule has 0 radical (unpaired) electrons. The predicted molar refractivity (Wildman–Crippen MR) is 131 cm³/mol. The zero-order chi connectivity index (χ0) is 22.0. The highest BCUT2D eigenvalue weighted by molar-refractivity contribution is 7.22. The van der Waals surface area contributed by atoms with Gasteiger partial charge in [-0.05, 0) is 75.1 Å². The van der Waals surface area contributed by atoms with Crippen molar-refractivity contribution in [2.75, 3.05) is 44.2 Å². The molecule has 1 aromatic heterocycles. The molecule has 2 aromatic rings. The van der Waals surface area contributed by atoms with Crippen LogP contribution in [0.1, 0.15) is 50.7 Å². The van der Waals surface area contributed by atoms with E-state index >= 15 is 0 Å². The van der Waals surface area contributed by atoms with E-state index in [2.05, 4.69) is 54.9 Å². The molecule has 2 saturated heterocycles. The fraction of sp³-hybridized carbons (Fsp3) is 0.680. The minimum absolute atomic E-state index is 0.0682. The van der Waals surface area contributed by atoms with E-state index in [9.17, 15) is 4.79 Å². The van der Waals surface area contributed by atoms with Crippen molar-refractivity contribution in [1.29, 1.82) is 0 Å². The molecule has 0 aliphatic carbocycles. The van der Waals surface area contributed by atoms with Gasteiger partial charge in [-0.2, -0.15) is 0 Å². The predicted octanol–water partition coefficient (Wildman–Crippen LogP) is 4.61. The summed E-state index contributed by atoms with van der Waals surface area (Å²) in [6, 6.07) is 4.42. The minimum atomic E-state index is 0.0682. The van der Waals surface area contributed by atoms with Crippen molar-refractivity contribution >= 4 is 32.6 Å². The number of aromatic nitrogens is 1. The third-order valence-corrected chi connectivity index (χ3v) is 7.84. The lowest BCUT2D eigenvalue weighted by atomic mass is 9.92. The zero-order valence-corrected chi connectivity index (χ0v) is 20.4. The van der Waals surface area contributed by atoms with Crippen LogP contribution >= 0.6 is 11.3 Å². The number of carbonyl (C=O) groups is 1. The maximum absolute atomic E-state index is 12.8. The van der Waals surface area contributed by atoms with Gasteiger partial charge < -0.3 is 15.1 Å². The van der Waals surface area contributed by atoms with Crippen LogP contribution in [0.3, 0.4) is 0 Å². The highest BCUT2D eigenvalue weighted by Crippen LogP contribution is 2.33. The molecule has 170 valence electrons. The van der Waals surface area contributed by atoms with Gasteiger partial charge in [-0.25, -0.2) is 4.98 Å². The molecule has 1 amide bonds. The Morgan fingerprint density at radius 2 is 1.97 bits per heavy atom. The molecule has 6 heteroatoms. The molecule has 2 aliphatic heterocycles. The highest BCUT2D eigenvalue weighted by atomic mass is 32.1. The Morgan fingerprint density at radius 1 is 1.19 bits per heavy atom. The van der Waals surface area contributed by atoms with E-state index in [4.69, 9.17) is 4.98 Å². The number of likely N-dealkylation sites (tertiary alicyclic amines) is 1. The van der Waals surface area contributed by atoms with Gasteiger partial charge in [0, 0.05) is 32.7 Å². The number of piperidine rings is 2. The molecule has 3 heterocycles. The third-order valence-electron chi connectivity index (χ3n) is 6.78. The normalized spacial score (nSPS) is 25.2. The van der Waals surface area contributed by atoms with Crippen LogP contribution in [0, 0.1) is 31.6 Å². The molecule has 1 N–H and O–H groups in total. The molecular formula is C25H38N4OS. The van der Waals surface area contributed by atoms with Gasteiger partial charge >= 0.3 is 0 Å². The Kier molecular flexibility index (Phi) is 7.17. The standard InChI is InChI=1S/C25H38N4OS/c1-17-12-20(4)23-22(13-17)31-25(27-23)29-10-5-7-21(16-29)24(30)26-8-6-9-28-14-18(2)11-19(3)15-28/h12-13,18-19,21H,5-11,14-16H2,1-4H3,(H,26,30)/t18-,19+,21-/m1/s1. The van der Waals surface area contributed by atoms with E-state index in [-0.39, 0.29) is 11.8 Å². The van der Waals surface area contributed by atoms with Gasteiger partial charge in [0.25, 0.3) is 0 Å². The largest absolute Gasteiger partial charge is 0.356 e. The van der Waals surface area contributed by atoms with Gasteiger partial charge in [-0.15, -0.1) is 0 Å². The smallest absolute Gasteiger partial charge is 0.224 e. The van der Waals surface area contributed by atoms with Crippen LogP contribution < -0.4 is 10.2 Å². The molecule has 31 heavy (non-hydrogen) atoms. The number of benzene rings is 1. The molecule has 4 rings (SSSR count). The first kappa shape index (κ1) is 22.5. The quantitative estimate of drug-likeness (QED) is 0.664. The maximum Gasteiger partial charge on any atom is 0.224 e. The topological polar surface area (TPSA) is 48.5 Å². The lowest BCUT2D eigenvalue weighted by Gasteiger charge is -2.35. The second-order valence-electron chi connectivity index (χ2n) is 10.1. The number of nitrogens with one attached hydrogen (secondary N) is 1. The highest BCUT2D eigenvalue weighted by Gasteiger charge is 2.27. The Morgan fingerprint density at radius 3 is 2.74 bits per heavy atom. The number of anilines is 1. The molecule has 1 aromatic carbocycles. The van der Waals surface area contributed by atoms with Crippen LogP contribution in [0.2, 0.25) is 0 Å². The number of hydrogen-bond donors (Lipinski definition) is 1. The fourth-order valence-corrected chi connectivity index (χ4v) is 6.67. The van der Waals surface area contributed by atoms with Gasteiger partial charge in [0.1, 0.15) is 0 Å². The second-order valence-corrected chi connectivity index (χ2v) is 11.1. The summed E-state index contributed by atoms with van der Waals surface area (Å²) in [5.74, 6) is 1.88. The molecular weight excluding hydrogens is 404 g/mol. The van der Waals surface area contributed by atoms with Crippen LogP contribution in [0.15, 0.2) is 12.1 Å². The molecule has 0 unspecified atom stereocenters. The summed E-state index contributed by atoms with van der Waals surface area (Å²) in [6.07, 6.45) is 4.42. The van der Waals surface area contributed by atoms with Crippen molar-refractivity contribution in [3.05, 3.63) is 23.3 Å². The molecule has 2 fully saturated rings. The van der Waals surface area contributed by atoms with Gasteiger partial charge in [0.2, 0.25) is 5.91 Å². The SMILES string of the molecule is Cc1cc(C)c2nc(N3CCC[C@@H](C(=O)NCCCN4C[C@H](C)C[C@H](C)C4)C3)sc2c1. The van der Waals surface area contributed by atoms with E-state index in [0.29, 0.717) is 0 Å². The van der Waals surface area contributed by atoms with E-state index in [1.807, 2.05) is 0 Å². The lowest BCUT2D eigenvalue weighted by Crippen LogP contribution is -2.44. The van der Waals surface area contributed by atoms with E-state index in [0.717, 1.165) is 67.9 Å². The first-order valence-electron chi connectivity index (χ1n) is 12.0. The summed E-state index contributed by atoms with van der Waals surface area (Å²) in [5.41, 5.74) is 3.63. The molecule has 5 nitrogen and oxygen atoms in total. The number of thiazole rings is 1. The minimum Gasteiger partial charge on any atom is -0.356 e. The first-order valence-corrected chi connectivity index (χ1v) is 12.8. The molecule has 0 saturated carbocycles. The number of fused-ring (bicyclic) bond motifs is 1. The zero-order valence-electron chi connectivity index (χ0n) is 19.6. The van der Waals surface area contributed by atoms with Gasteiger partial charge in [0.15, 0.2) is 5.13 Å². The monoisotopic (exact) mass is 442 g/mol. The van der Waals surface area contributed by atoms with Crippen LogP contribution in [0.5, 0.6) is 0 Å². The van der Waals surface area contributed by atoms with Crippen molar-refractivity contribution in [3.8, 4) is 0 Å². The molecule has 0 bridgehead atoms. The Bertz CT molecular complexity index is 900. The van der Waals surface area contributed by atoms with Crippen molar-refractivity contribution < 1.29 is 4.79 Å². The van der Waals surface area contributed by atoms with Crippen LogP contribution in [0.25, 0.3) is 10.2 Å². The molecule has 0 spiro atoms. The average molecular weight is 443 g/mol. The number of rotatable bonds is 6.